The van der Waals surface area contributed by atoms with Crippen molar-refractivity contribution in [1.82, 2.24) is 0 Å². The molecule has 0 spiro atoms. The van der Waals surface area contributed by atoms with Gasteiger partial charge in [-0.2, -0.15) is 16.3 Å². The highest BCUT2D eigenvalue weighted by atomic mass is 35.6. The summed E-state index contributed by atoms with van der Waals surface area (Å²) in [5, 5.41) is 9.70. The van der Waals surface area contributed by atoms with Crippen LogP contribution in [-0.4, -0.2) is 7.38 Å². The van der Waals surface area contributed by atoms with Crippen LogP contribution >= 0.6 is 11.1 Å². The molecule has 1 nitrogen and oxygen atoms in total. The van der Waals surface area contributed by atoms with Crippen LogP contribution in [0.25, 0.3) is 0 Å². The van der Waals surface area contributed by atoms with Crippen molar-refractivity contribution < 1.29 is 0 Å². The normalized spacial score (nSPS) is 14.5. The highest BCUT2D eigenvalue weighted by Crippen LogP contribution is 2.16. The average Bonchev–Trinajstić information content (AvgIpc) is 2.16. The third-order valence-electron chi connectivity index (χ3n) is 2.08. The molecule has 68 valence electrons. The van der Waals surface area contributed by atoms with Crippen molar-refractivity contribution in [1.29, 1.82) is 5.26 Å². The molecule has 0 aliphatic heterocycles. The molecule has 1 aromatic carbocycles. The molecule has 1 rings (SSSR count). The van der Waals surface area contributed by atoms with Crippen LogP contribution in [0.1, 0.15) is 6.42 Å². The Balaban J connectivity index is 2.76. The Labute approximate surface area is 84.7 Å². The van der Waals surface area contributed by atoms with E-state index in [-0.39, 0.29) is 0 Å². The van der Waals surface area contributed by atoms with E-state index >= 15 is 0 Å². The Morgan fingerprint density at radius 2 is 2.00 bits per heavy atom. The molecule has 1 aromatic rings. The van der Waals surface area contributed by atoms with E-state index in [1.807, 2.05) is 18.2 Å². The molecule has 0 saturated heterocycles. The van der Waals surface area contributed by atoms with Crippen LogP contribution in [0, 0.1) is 11.3 Å². The molecule has 0 aromatic heterocycles. The maximum Gasteiger partial charge on any atom is 0.184 e. The van der Waals surface area contributed by atoms with Gasteiger partial charge in [-0.1, -0.05) is 36.9 Å². The lowest BCUT2D eigenvalue weighted by atomic mass is 10.4. The van der Waals surface area contributed by atoms with Gasteiger partial charge < -0.3 is 0 Å². The van der Waals surface area contributed by atoms with Gasteiger partial charge in [-0.15, -0.1) is 0 Å². The lowest BCUT2D eigenvalue weighted by Crippen LogP contribution is -2.38. The number of halogens is 1. The molecule has 0 amide bonds. The van der Waals surface area contributed by atoms with Crippen LogP contribution in [0.15, 0.2) is 30.3 Å². The summed E-state index contributed by atoms with van der Waals surface area (Å²) in [6.07, 6.45) is 0.557. The highest BCUT2D eigenvalue weighted by Gasteiger charge is 2.25. The first kappa shape index (κ1) is 10.3. The van der Waals surface area contributed by atoms with Gasteiger partial charge in [-0.3, -0.25) is 0 Å². The zero-order valence-corrected chi connectivity index (χ0v) is 9.38. The first-order chi connectivity index (χ1) is 6.17. The summed E-state index contributed by atoms with van der Waals surface area (Å²) in [6, 6.07) is 13.0. The zero-order valence-electron chi connectivity index (χ0n) is 7.63. The monoisotopic (exact) mass is 209 g/mol. The topological polar surface area (TPSA) is 23.8 Å². The summed E-state index contributed by atoms with van der Waals surface area (Å²) in [7, 11) is -1.85. The van der Waals surface area contributed by atoms with Crippen LogP contribution < -0.4 is 5.19 Å². The van der Waals surface area contributed by atoms with Gasteiger partial charge in [0.05, 0.1) is 6.07 Å². The van der Waals surface area contributed by atoms with Gasteiger partial charge in [0.1, 0.15) is 0 Å². The predicted molar refractivity (Wildman–Crippen MR) is 58.6 cm³/mol. The van der Waals surface area contributed by atoms with E-state index in [0.29, 0.717) is 6.42 Å². The van der Waals surface area contributed by atoms with Gasteiger partial charge in [0.15, 0.2) is 7.38 Å². The van der Waals surface area contributed by atoms with E-state index in [4.69, 9.17) is 16.3 Å². The van der Waals surface area contributed by atoms with E-state index in [1.54, 1.807) is 0 Å². The highest BCUT2D eigenvalue weighted by molar-refractivity contribution is 7.26. The maximum atomic E-state index is 8.49. The lowest BCUT2D eigenvalue weighted by molar-refractivity contribution is 1.19. The summed E-state index contributed by atoms with van der Waals surface area (Å²) < 4.78 is 0. The van der Waals surface area contributed by atoms with Crippen molar-refractivity contribution in [2.24, 2.45) is 0 Å². The molecule has 1 atom stereocenters. The van der Waals surface area contributed by atoms with Crippen molar-refractivity contribution in [2.75, 3.05) is 0 Å². The molecule has 13 heavy (non-hydrogen) atoms. The Morgan fingerprint density at radius 3 is 2.54 bits per heavy atom. The first-order valence-corrected chi connectivity index (χ1v) is 8.00. The van der Waals surface area contributed by atoms with Gasteiger partial charge in [-0.25, -0.2) is 0 Å². The minimum Gasteiger partial charge on any atom is -0.198 e. The number of hydrogen-bond acceptors (Lipinski definition) is 1. The van der Waals surface area contributed by atoms with Crippen LogP contribution in [-0.2, 0) is 0 Å². The fraction of sp³-hybridized carbons (Fsp3) is 0.300. The molecule has 1 unspecified atom stereocenters. The fourth-order valence-corrected chi connectivity index (χ4v) is 3.64. The average molecular weight is 210 g/mol. The molecule has 0 heterocycles. The Hall–Kier alpha value is -0.783. The fourth-order valence-electron chi connectivity index (χ4n) is 1.22. The van der Waals surface area contributed by atoms with Crippen molar-refractivity contribution >= 4 is 23.6 Å². The standard InChI is InChI=1S/C10H12ClNSi/c1-13(11,9-5-8-12)10-6-3-2-4-7-10/h2-4,6-7H,5,9H2,1H3. The van der Waals surface area contributed by atoms with Crippen molar-refractivity contribution in [3.05, 3.63) is 30.3 Å². The third kappa shape index (κ3) is 2.87. The Kier molecular flexibility index (Phi) is 3.53. The molecular formula is C10H12ClNSi. The first-order valence-electron chi connectivity index (χ1n) is 4.28. The van der Waals surface area contributed by atoms with Crippen molar-refractivity contribution in [2.45, 2.75) is 19.0 Å². The van der Waals surface area contributed by atoms with Crippen LogP contribution in [0.2, 0.25) is 12.6 Å². The number of benzene rings is 1. The molecule has 3 heteroatoms. The molecular weight excluding hydrogens is 198 g/mol. The number of nitrogens with zero attached hydrogens (tertiary/aromatic N) is 1. The third-order valence-corrected chi connectivity index (χ3v) is 6.03. The van der Waals surface area contributed by atoms with Crippen molar-refractivity contribution in [3.63, 3.8) is 0 Å². The second-order valence-corrected chi connectivity index (χ2v) is 9.20. The summed E-state index contributed by atoms with van der Waals surface area (Å²) >= 11 is 6.43. The SMILES string of the molecule is C[Si](Cl)(CCC#N)c1ccccc1. The molecule has 0 N–H and O–H groups in total. The number of nitriles is 1. The molecule has 0 bridgehead atoms. The minimum absolute atomic E-state index is 0.557. The van der Waals surface area contributed by atoms with E-state index in [0.717, 1.165) is 6.04 Å². The number of rotatable bonds is 3. The molecule has 0 fully saturated rings. The van der Waals surface area contributed by atoms with Gasteiger partial charge in [0.25, 0.3) is 0 Å². The van der Waals surface area contributed by atoms with Crippen LogP contribution in [0.5, 0.6) is 0 Å². The smallest absolute Gasteiger partial charge is 0.184 e. The minimum atomic E-state index is -1.85. The summed E-state index contributed by atoms with van der Waals surface area (Å²) in [5.41, 5.74) is 0. The van der Waals surface area contributed by atoms with Gasteiger partial charge in [0.2, 0.25) is 0 Å². The van der Waals surface area contributed by atoms with Crippen molar-refractivity contribution in [3.8, 4) is 6.07 Å². The second-order valence-electron chi connectivity index (χ2n) is 3.22. The van der Waals surface area contributed by atoms with E-state index < -0.39 is 7.38 Å². The largest absolute Gasteiger partial charge is 0.198 e. The molecule has 0 aliphatic rings. The Bertz CT molecular complexity index is 302. The Morgan fingerprint density at radius 1 is 1.38 bits per heavy atom. The van der Waals surface area contributed by atoms with Gasteiger partial charge in [-0.05, 0) is 11.2 Å². The second kappa shape index (κ2) is 4.45. The van der Waals surface area contributed by atoms with E-state index in [9.17, 15) is 0 Å². The molecule has 0 radical (unpaired) electrons. The number of hydrogen-bond donors (Lipinski definition) is 0. The van der Waals surface area contributed by atoms with Crippen LogP contribution in [0.3, 0.4) is 0 Å². The summed E-state index contributed by atoms with van der Waals surface area (Å²) in [6.45, 7) is 2.08. The zero-order chi connectivity index (χ0) is 9.73. The lowest BCUT2D eigenvalue weighted by Gasteiger charge is -2.17. The van der Waals surface area contributed by atoms with E-state index in [2.05, 4.69) is 24.7 Å². The molecule has 0 saturated carbocycles. The van der Waals surface area contributed by atoms with Crippen LogP contribution in [0.4, 0.5) is 0 Å². The molecule has 0 aliphatic carbocycles. The maximum absolute atomic E-state index is 8.49. The quantitative estimate of drug-likeness (QED) is 0.555. The van der Waals surface area contributed by atoms with Gasteiger partial charge in [0, 0.05) is 6.42 Å². The summed E-state index contributed by atoms with van der Waals surface area (Å²) in [4.78, 5) is 0. The van der Waals surface area contributed by atoms with E-state index in [1.165, 1.54) is 5.19 Å². The predicted octanol–water partition coefficient (Wildman–Crippen LogP) is 2.62. The summed E-state index contributed by atoms with van der Waals surface area (Å²) in [5.74, 6) is 0. The van der Waals surface area contributed by atoms with Gasteiger partial charge >= 0.3 is 0 Å².